The number of sulfonamides is 1. The summed E-state index contributed by atoms with van der Waals surface area (Å²) in [7, 11) is -1.44. The van der Waals surface area contributed by atoms with Gasteiger partial charge in [0.2, 0.25) is 10.0 Å². The highest BCUT2D eigenvalue weighted by molar-refractivity contribution is 7.88. The fourth-order valence-corrected chi connectivity index (χ4v) is 4.53. The smallest absolute Gasteiger partial charge is 0.218 e. The number of ether oxygens (including phenoxy) is 1. The molecule has 1 saturated heterocycles. The highest BCUT2D eigenvalue weighted by atomic mass is 32.2. The number of rotatable bonds is 5. The van der Waals surface area contributed by atoms with Crippen LogP contribution in [-0.2, 0) is 27.1 Å². The molecule has 0 spiro atoms. The molecule has 0 saturated carbocycles. The minimum atomic E-state index is -3.33. The Morgan fingerprint density at radius 1 is 1.24 bits per heavy atom. The standard InChI is InChI=1S/C15H24N2O3S/c1-15(2)12-20-9-8-17(15)21(18,19)11-14-6-4-13(5-7-14)10-16-3/h4-7,16H,8-12H2,1-3H3. The average molecular weight is 312 g/mol. The van der Waals surface area contributed by atoms with Crippen LogP contribution >= 0.6 is 0 Å². The van der Waals surface area contributed by atoms with Crippen LogP contribution in [0.1, 0.15) is 25.0 Å². The fourth-order valence-electron chi connectivity index (χ4n) is 2.61. The van der Waals surface area contributed by atoms with Gasteiger partial charge in [-0.2, -0.15) is 4.31 Å². The molecule has 0 atom stereocenters. The predicted octanol–water partition coefficient (Wildman–Crippen LogP) is 1.35. The number of nitrogens with one attached hydrogen (secondary N) is 1. The third-order valence-electron chi connectivity index (χ3n) is 3.66. The summed E-state index contributed by atoms with van der Waals surface area (Å²) in [6, 6.07) is 7.70. The quantitative estimate of drug-likeness (QED) is 0.891. The van der Waals surface area contributed by atoms with Gasteiger partial charge in [0.15, 0.2) is 0 Å². The first-order valence-electron chi connectivity index (χ1n) is 7.16. The highest BCUT2D eigenvalue weighted by Gasteiger charge is 2.38. The van der Waals surface area contributed by atoms with Crippen LogP contribution in [0.2, 0.25) is 0 Å². The van der Waals surface area contributed by atoms with Gasteiger partial charge in [-0.15, -0.1) is 0 Å². The molecule has 0 aromatic heterocycles. The van der Waals surface area contributed by atoms with Gasteiger partial charge < -0.3 is 10.1 Å². The van der Waals surface area contributed by atoms with Crippen molar-refractivity contribution in [2.24, 2.45) is 0 Å². The lowest BCUT2D eigenvalue weighted by Gasteiger charge is -2.40. The van der Waals surface area contributed by atoms with Crippen LogP contribution in [0, 0.1) is 0 Å². The van der Waals surface area contributed by atoms with E-state index in [0.29, 0.717) is 19.8 Å². The SMILES string of the molecule is CNCc1ccc(CS(=O)(=O)N2CCOCC2(C)C)cc1. The lowest BCUT2D eigenvalue weighted by Crippen LogP contribution is -2.55. The Kier molecular flexibility index (Phi) is 5.03. The third-order valence-corrected chi connectivity index (χ3v) is 5.70. The van der Waals surface area contributed by atoms with Gasteiger partial charge in [0.1, 0.15) is 0 Å². The first-order valence-corrected chi connectivity index (χ1v) is 8.77. The molecule has 1 heterocycles. The number of morpholine rings is 1. The molecule has 1 fully saturated rings. The van der Waals surface area contributed by atoms with Crippen LogP contribution in [-0.4, -0.2) is 45.1 Å². The molecule has 0 amide bonds. The Hall–Kier alpha value is -0.950. The van der Waals surface area contributed by atoms with Gasteiger partial charge >= 0.3 is 0 Å². The Morgan fingerprint density at radius 2 is 1.86 bits per heavy atom. The molecule has 1 aliphatic heterocycles. The van der Waals surface area contributed by atoms with E-state index in [9.17, 15) is 8.42 Å². The van der Waals surface area contributed by atoms with Crippen molar-refractivity contribution < 1.29 is 13.2 Å². The van der Waals surface area contributed by atoms with Crippen molar-refractivity contribution in [3.05, 3.63) is 35.4 Å². The zero-order valence-electron chi connectivity index (χ0n) is 12.9. The highest BCUT2D eigenvalue weighted by Crippen LogP contribution is 2.25. The van der Waals surface area contributed by atoms with Gasteiger partial charge in [-0.05, 0) is 32.0 Å². The van der Waals surface area contributed by atoms with Crippen LogP contribution in [0.4, 0.5) is 0 Å². The van der Waals surface area contributed by atoms with E-state index in [1.54, 1.807) is 4.31 Å². The van der Waals surface area contributed by atoms with Gasteiger partial charge in [0, 0.05) is 13.1 Å². The van der Waals surface area contributed by atoms with E-state index >= 15 is 0 Å². The lowest BCUT2D eigenvalue weighted by molar-refractivity contribution is -0.00777. The van der Waals surface area contributed by atoms with E-state index in [2.05, 4.69) is 5.32 Å². The van der Waals surface area contributed by atoms with Crippen molar-refractivity contribution >= 4 is 10.0 Å². The van der Waals surface area contributed by atoms with Gasteiger partial charge in [-0.25, -0.2) is 8.42 Å². The maximum Gasteiger partial charge on any atom is 0.218 e. The third kappa shape index (κ3) is 4.03. The monoisotopic (exact) mass is 312 g/mol. The van der Waals surface area contributed by atoms with E-state index in [4.69, 9.17) is 4.74 Å². The molecule has 0 radical (unpaired) electrons. The van der Waals surface area contributed by atoms with Crippen LogP contribution < -0.4 is 5.32 Å². The summed E-state index contributed by atoms with van der Waals surface area (Å²) in [6.45, 7) is 5.91. The van der Waals surface area contributed by atoms with Crippen LogP contribution in [0.15, 0.2) is 24.3 Å². The Balaban J connectivity index is 2.13. The minimum absolute atomic E-state index is 0.0380. The summed E-state index contributed by atoms with van der Waals surface area (Å²) in [5, 5.41) is 3.07. The largest absolute Gasteiger partial charge is 0.378 e. The van der Waals surface area contributed by atoms with Gasteiger partial charge in [-0.1, -0.05) is 24.3 Å². The van der Waals surface area contributed by atoms with Gasteiger partial charge in [0.05, 0.1) is 24.5 Å². The van der Waals surface area contributed by atoms with Crippen molar-refractivity contribution in [3.63, 3.8) is 0 Å². The molecule has 0 bridgehead atoms. The molecule has 5 nitrogen and oxygen atoms in total. The molecule has 0 unspecified atom stereocenters. The van der Waals surface area contributed by atoms with Crippen molar-refractivity contribution in [3.8, 4) is 0 Å². The normalized spacial score (nSPS) is 19.6. The summed E-state index contributed by atoms with van der Waals surface area (Å²) in [5.41, 5.74) is 1.48. The molecule has 1 aromatic rings. The minimum Gasteiger partial charge on any atom is -0.378 e. The topological polar surface area (TPSA) is 58.6 Å². The number of nitrogens with zero attached hydrogens (tertiary/aromatic N) is 1. The first kappa shape index (κ1) is 16.4. The number of hydrogen-bond donors (Lipinski definition) is 1. The van der Waals surface area contributed by atoms with Crippen LogP contribution in [0.5, 0.6) is 0 Å². The van der Waals surface area contributed by atoms with Crippen molar-refractivity contribution in [1.82, 2.24) is 9.62 Å². The van der Waals surface area contributed by atoms with Crippen LogP contribution in [0.25, 0.3) is 0 Å². The Morgan fingerprint density at radius 3 is 2.43 bits per heavy atom. The summed E-state index contributed by atoms with van der Waals surface area (Å²) in [4.78, 5) is 0. The maximum atomic E-state index is 12.6. The molecule has 1 aromatic carbocycles. The molecule has 2 rings (SSSR count). The summed E-state index contributed by atoms with van der Waals surface area (Å²) in [6.07, 6.45) is 0. The van der Waals surface area contributed by atoms with E-state index in [1.807, 2.05) is 45.2 Å². The van der Waals surface area contributed by atoms with E-state index in [0.717, 1.165) is 17.7 Å². The molecular weight excluding hydrogens is 288 g/mol. The van der Waals surface area contributed by atoms with E-state index < -0.39 is 15.6 Å². The second-order valence-corrected chi connectivity index (χ2v) is 7.93. The van der Waals surface area contributed by atoms with Crippen molar-refractivity contribution in [1.29, 1.82) is 0 Å². The molecule has 6 heteroatoms. The molecule has 1 aliphatic rings. The Labute approximate surface area is 127 Å². The summed E-state index contributed by atoms with van der Waals surface area (Å²) in [5.74, 6) is 0.0380. The second kappa shape index (κ2) is 6.44. The molecule has 0 aliphatic carbocycles. The molecular formula is C15H24N2O3S. The maximum absolute atomic E-state index is 12.6. The molecule has 1 N–H and O–H groups in total. The van der Waals surface area contributed by atoms with Gasteiger partial charge in [0.25, 0.3) is 0 Å². The summed E-state index contributed by atoms with van der Waals surface area (Å²) >= 11 is 0. The van der Waals surface area contributed by atoms with Crippen molar-refractivity contribution in [2.45, 2.75) is 31.7 Å². The van der Waals surface area contributed by atoms with Crippen molar-refractivity contribution in [2.75, 3.05) is 26.8 Å². The fraction of sp³-hybridized carbons (Fsp3) is 0.600. The number of hydrogen-bond acceptors (Lipinski definition) is 4. The first-order chi connectivity index (χ1) is 9.85. The van der Waals surface area contributed by atoms with E-state index in [-0.39, 0.29) is 5.75 Å². The van der Waals surface area contributed by atoms with Gasteiger partial charge in [-0.3, -0.25) is 0 Å². The van der Waals surface area contributed by atoms with Crippen LogP contribution in [0.3, 0.4) is 0 Å². The second-order valence-electron chi connectivity index (χ2n) is 6.04. The molecule has 21 heavy (non-hydrogen) atoms. The predicted molar refractivity (Wildman–Crippen MR) is 83.4 cm³/mol. The Bertz CT molecular complexity index is 567. The van der Waals surface area contributed by atoms with E-state index in [1.165, 1.54) is 0 Å². The zero-order chi connectivity index (χ0) is 15.5. The number of benzene rings is 1. The zero-order valence-corrected chi connectivity index (χ0v) is 13.7. The average Bonchev–Trinajstić information content (AvgIpc) is 2.40. The summed E-state index contributed by atoms with van der Waals surface area (Å²) < 4.78 is 32.2. The molecule has 118 valence electrons. The lowest BCUT2D eigenvalue weighted by atomic mass is 10.1.